The zero-order chi connectivity index (χ0) is 18.7. The largest absolute Gasteiger partial charge is 0.478 e. The van der Waals surface area contributed by atoms with Gasteiger partial charge < -0.3 is 9.67 Å². The summed E-state index contributed by atoms with van der Waals surface area (Å²) in [4.78, 5) is 15.8. The molecule has 0 unspecified atom stereocenters. The molecule has 0 saturated carbocycles. The lowest BCUT2D eigenvalue weighted by molar-refractivity contribution is 0.0696. The summed E-state index contributed by atoms with van der Waals surface area (Å²) in [6, 6.07) is 13.5. The number of imidazole rings is 1. The highest BCUT2D eigenvalue weighted by atomic mass is 32.2. The second-order valence-corrected chi connectivity index (χ2v) is 8.09. The van der Waals surface area contributed by atoms with Gasteiger partial charge in [-0.2, -0.15) is 0 Å². The van der Waals surface area contributed by atoms with E-state index >= 15 is 0 Å². The van der Waals surface area contributed by atoms with Crippen LogP contribution in [0.5, 0.6) is 0 Å². The molecule has 6 nitrogen and oxygen atoms in total. The van der Waals surface area contributed by atoms with E-state index in [1.54, 1.807) is 48.7 Å². The maximum atomic E-state index is 11.5. The number of rotatable bonds is 6. The zero-order valence-corrected chi connectivity index (χ0v) is 15.0. The molecule has 0 aliphatic heterocycles. The van der Waals surface area contributed by atoms with Crippen LogP contribution in [-0.4, -0.2) is 35.3 Å². The normalized spacial score (nSPS) is 11.4. The first-order valence-corrected chi connectivity index (χ1v) is 9.83. The number of hydrogen-bond donors (Lipinski definition) is 1. The van der Waals surface area contributed by atoms with Crippen molar-refractivity contribution in [3.8, 4) is 0 Å². The number of nitrogens with zero attached hydrogens (tertiary/aromatic N) is 2. The smallest absolute Gasteiger partial charge is 0.335 e. The van der Waals surface area contributed by atoms with Crippen molar-refractivity contribution in [2.45, 2.75) is 17.9 Å². The molecule has 3 aromatic rings. The van der Waals surface area contributed by atoms with Crippen molar-refractivity contribution in [2.75, 3.05) is 6.26 Å². The molecule has 0 amide bonds. The number of sulfone groups is 1. The molecule has 26 heavy (non-hydrogen) atoms. The van der Waals surface area contributed by atoms with Crippen LogP contribution in [0.15, 0.2) is 65.8 Å². The number of aromatic nitrogens is 2. The van der Waals surface area contributed by atoms with Gasteiger partial charge in [0.05, 0.1) is 10.5 Å². The molecule has 1 aromatic heterocycles. The number of aromatic carboxylic acids is 1. The van der Waals surface area contributed by atoms with Gasteiger partial charge in [0.15, 0.2) is 9.84 Å². The van der Waals surface area contributed by atoms with Crippen LogP contribution >= 0.6 is 0 Å². The van der Waals surface area contributed by atoms with Crippen molar-refractivity contribution in [2.24, 2.45) is 0 Å². The lowest BCUT2D eigenvalue weighted by Crippen LogP contribution is -2.06. The van der Waals surface area contributed by atoms with E-state index in [2.05, 4.69) is 4.98 Å². The average Bonchev–Trinajstić information content (AvgIpc) is 3.01. The van der Waals surface area contributed by atoms with E-state index in [-0.39, 0.29) is 10.5 Å². The standard InChI is InChI=1S/C19H18N2O4S/c1-26(24,25)17-7-5-14(6-8-17)12-18-20-9-10-21(18)13-15-3-2-4-16(11-15)19(22)23/h2-11H,12-13H2,1H3,(H,22,23). The number of benzene rings is 2. The molecule has 7 heteroatoms. The summed E-state index contributed by atoms with van der Waals surface area (Å²) >= 11 is 0. The van der Waals surface area contributed by atoms with Gasteiger partial charge in [-0.3, -0.25) is 0 Å². The summed E-state index contributed by atoms with van der Waals surface area (Å²) in [6.07, 6.45) is 5.27. The Balaban J connectivity index is 1.79. The minimum Gasteiger partial charge on any atom is -0.478 e. The average molecular weight is 370 g/mol. The Morgan fingerprint density at radius 3 is 2.50 bits per heavy atom. The van der Waals surface area contributed by atoms with Crippen molar-refractivity contribution < 1.29 is 18.3 Å². The third-order valence-corrected chi connectivity index (χ3v) is 5.17. The number of carboxylic acids is 1. The van der Waals surface area contributed by atoms with Crippen LogP contribution in [0.25, 0.3) is 0 Å². The summed E-state index contributed by atoms with van der Waals surface area (Å²) in [5.41, 5.74) is 2.07. The lowest BCUT2D eigenvalue weighted by Gasteiger charge is -2.09. The van der Waals surface area contributed by atoms with Gasteiger partial charge in [0, 0.05) is 31.6 Å². The van der Waals surface area contributed by atoms with Crippen molar-refractivity contribution in [3.63, 3.8) is 0 Å². The van der Waals surface area contributed by atoms with E-state index in [4.69, 9.17) is 5.11 Å². The summed E-state index contributed by atoms with van der Waals surface area (Å²) in [5.74, 6) is -0.137. The first kappa shape index (κ1) is 17.9. The Morgan fingerprint density at radius 2 is 1.85 bits per heavy atom. The zero-order valence-electron chi connectivity index (χ0n) is 14.2. The maximum absolute atomic E-state index is 11.5. The molecule has 1 N–H and O–H groups in total. The molecule has 2 aromatic carbocycles. The predicted molar refractivity (Wildman–Crippen MR) is 97.1 cm³/mol. The Labute approximate surface area is 151 Å². The molecule has 0 bridgehead atoms. The minimum atomic E-state index is -3.21. The predicted octanol–water partition coefficient (Wildman–Crippen LogP) is 2.62. The molecule has 134 valence electrons. The highest BCUT2D eigenvalue weighted by Gasteiger charge is 2.09. The number of carbonyl (C=O) groups is 1. The second kappa shape index (κ2) is 7.13. The van der Waals surface area contributed by atoms with Crippen LogP contribution in [0.2, 0.25) is 0 Å². The Kier molecular flexibility index (Phi) is 4.90. The third kappa shape index (κ3) is 4.18. The molecular formula is C19H18N2O4S. The van der Waals surface area contributed by atoms with Crippen LogP contribution in [0.4, 0.5) is 0 Å². The van der Waals surface area contributed by atoms with Crippen LogP contribution < -0.4 is 0 Å². The van der Waals surface area contributed by atoms with E-state index in [9.17, 15) is 13.2 Å². The first-order valence-electron chi connectivity index (χ1n) is 7.94. The molecule has 1 heterocycles. The van der Waals surface area contributed by atoms with Gasteiger partial charge in [-0.15, -0.1) is 0 Å². The fourth-order valence-electron chi connectivity index (χ4n) is 2.69. The van der Waals surface area contributed by atoms with Gasteiger partial charge in [-0.25, -0.2) is 18.2 Å². The molecule has 0 radical (unpaired) electrons. The Bertz CT molecular complexity index is 1040. The molecule has 0 aliphatic carbocycles. The highest BCUT2D eigenvalue weighted by Crippen LogP contribution is 2.15. The van der Waals surface area contributed by atoms with Crippen molar-refractivity contribution in [3.05, 3.63) is 83.4 Å². The molecular weight excluding hydrogens is 352 g/mol. The molecule has 0 fully saturated rings. The van der Waals surface area contributed by atoms with E-state index in [1.165, 1.54) is 6.26 Å². The lowest BCUT2D eigenvalue weighted by atomic mass is 10.1. The van der Waals surface area contributed by atoms with Crippen LogP contribution in [0, 0.1) is 0 Å². The summed E-state index contributed by atoms with van der Waals surface area (Å²) < 4.78 is 25.0. The van der Waals surface area contributed by atoms with E-state index in [1.807, 2.05) is 16.8 Å². The molecule has 0 aliphatic rings. The number of hydrogen-bond acceptors (Lipinski definition) is 4. The van der Waals surface area contributed by atoms with Gasteiger partial charge in [0.2, 0.25) is 0 Å². The van der Waals surface area contributed by atoms with Gasteiger partial charge in [0.1, 0.15) is 5.82 Å². The maximum Gasteiger partial charge on any atom is 0.335 e. The summed E-state index contributed by atoms with van der Waals surface area (Å²) in [5, 5.41) is 9.10. The first-order chi connectivity index (χ1) is 12.3. The fourth-order valence-corrected chi connectivity index (χ4v) is 3.32. The van der Waals surface area contributed by atoms with E-state index < -0.39 is 15.8 Å². The van der Waals surface area contributed by atoms with E-state index in [0.717, 1.165) is 17.0 Å². The van der Waals surface area contributed by atoms with Crippen molar-refractivity contribution in [1.29, 1.82) is 0 Å². The van der Waals surface area contributed by atoms with Gasteiger partial charge in [-0.05, 0) is 35.4 Å². The van der Waals surface area contributed by atoms with Crippen molar-refractivity contribution in [1.82, 2.24) is 9.55 Å². The van der Waals surface area contributed by atoms with E-state index in [0.29, 0.717) is 13.0 Å². The second-order valence-electron chi connectivity index (χ2n) is 6.07. The summed E-state index contributed by atoms with van der Waals surface area (Å²) in [7, 11) is -3.21. The molecule has 0 atom stereocenters. The Morgan fingerprint density at radius 1 is 1.12 bits per heavy atom. The van der Waals surface area contributed by atoms with Crippen molar-refractivity contribution >= 4 is 15.8 Å². The topological polar surface area (TPSA) is 89.3 Å². The molecule has 3 rings (SSSR count). The fraction of sp³-hybridized carbons (Fsp3) is 0.158. The Hall–Kier alpha value is -2.93. The molecule has 0 saturated heterocycles. The highest BCUT2D eigenvalue weighted by molar-refractivity contribution is 7.90. The van der Waals surface area contributed by atoms with Crippen LogP contribution in [0.3, 0.4) is 0 Å². The number of carboxylic acid groups (broad SMARTS) is 1. The van der Waals surface area contributed by atoms with Crippen LogP contribution in [-0.2, 0) is 22.8 Å². The third-order valence-electron chi connectivity index (χ3n) is 4.04. The minimum absolute atomic E-state index is 0.250. The quantitative estimate of drug-likeness (QED) is 0.720. The van der Waals surface area contributed by atoms with Gasteiger partial charge in [-0.1, -0.05) is 24.3 Å². The monoisotopic (exact) mass is 370 g/mol. The summed E-state index contributed by atoms with van der Waals surface area (Å²) in [6.45, 7) is 0.512. The SMILES string of the molecule is CS(=O)(=O)c1ccc(Cc2nccn2Cc2cccc(C(=O)O)c2)cc1. The van der Waals surface area contributed by atoms with Crippen LogP contribution in [0.1, 0.15) is 27.3 Å². The van der Waals surface area contributed by atoms with Gasteiger partial charge >= 0.3 is 5.97 Å². The molecule has 0 spiro atoms. The van der Waals surface area contributed by atoms with Gasteiger partial charge in [0.25, 0.3) is 0 Å².